The van der Waals surface area contributed by atoms with Crippen molar-refractivity contribution in [2.75, 3.05) is 30.3 Å². The number of anilines is 2. The fourth-order valence-corrected chi connectivity index (χ4v) is 1.76. The van der Waals surface area contributed by atoms with E-state index in [0.717, 1.165) is 49.1 Å². The number of rotatable bonds is 9. The Morgan fingerprint density at radius 1 is 1.22 bits per heavy atom. The molecule has 102 valence electrons. The van der Waals surface area contributed by atoms with Crippen LogP contribution in [0.1, 0.15) is 32.6 Å². The first-order chi connectivity index (χ1) is 8.77. The van der Waals surface area contributed by atoms with Crippen molar-refractivity contribution in [2.45, 2.75) is 32.6 Å². The summed E-state index contributed by atoms with van der Waals surface area (Å²) in [6.45, 7) is 4.09. The Morgan fingerprint density at radius 2 is 2.06 bits per heavy atom. The molecule has 0 bridgehead atoms. The van der Waals surface area contributed by atoms with E-state index < -0.39 is 0 Å². The first-order valence-corrected chi connectivity index (χ1v) is 7.18. The van der Waals surface area contributed by atoms with Gasteiger partial charge in [-0.1, -0.05) is 6.92 Å². The number of hydrogen-bond acceptors (Lipinski definition) is 5. The minimum Gasteiger partial charge on any atom is -0.396 e. The van der Waals surface area contributed by atoms with Crippen LogP contribution in [0.5, 0.6) is 0 Å². The van der Waals surface area contributed by atoms with E-state index in [1.54, 1.807) is 6.20 Å². The third-order valence-corrected chi connectivity index (χ3v) is 2.98. The van der Waals surface area contributed by atoms with E-state index in [4.69, 9.17) is 5.11 Å². The lowest BCUT2D eigenvalue weighted by atomic mass is 10.2. The van der Waals surface area contributed by atoms with Crippen LogP contribution >= 0.6 is 15.9 Å². The lowest BCUT2D eigenvalue weighted by Crippen LogP contribution is -2.09. The predicted molar refractivity (Wildman–Crippen MR) is 77.9 cm³/mol. The Morgan fingerprint density at radius 3 is 2.78 bits per heavy atom. The highest BCUT2D eigenvalue weighted by atomic mass is 79.9. The number of aliphatic hydroxyl groups is 1. The molecule has 0 aromatic carbocycles. The highest BCUT2D eigenvalue weighted by molar-refractivity contribution is 9.10. The van der Waals surface area contributed by atoms with Crippen LogP contribution in [0.3, 0.4) is 0 Å². The van der Waals surface area contributed by atoms with Crippen LogP contribution in [0.2, 0.25) is 0 Å². The molecule has 1 aromatic heterocycles. The number of halogens is 1. The van der Waals surface area contributed by atoms with Crippen LogP contribution in [0.25, 0.3) is 0 Å². The standard InChI is InChI=1S/C12H21BrN4O/c1-2-6-15-12-16-9-10(13)11(17-12)14-7-4-3-5-8-18/h9,18H,2-8H2,1H3,(H2,14,15,16,17). The summed E-state index contributed by atoms with van der Waals surface area (Å²) in [5.74, 6) is 1.46. The second-order valence-corrected chi connectivity index (χ2v) is 4.88. The summed E-state index contributed by atoms with van der Waals surface area (Å²) >= 11 is 3.43. The number of nitrogens with zero attached hydrogens (tertiary/aromatic N) is 2. The van der Waals surface area contributed by atoms with Gasteiger partial charge < -0.3 is 15.7 Å². The van der Waals surface area contributed by atoms with Crippen LogP contribution in [0.4, 0.5) is 11.8 Å². The molecule has 1 rings (SSSR count). The Balaban J connectivity index is 2.42. The minimum absolute atomic E-state index is 0.266. The smallest absolute Gasteiger partial charge is 0.224 e. The van der Waals surface area contributed by atoms with Gasteiger partial charge in [-0.3, -0.25) is 0 Å². The van der Waals surface area contributed by atoms with Crippen LogP contribution in [0.15, 0.2) is 10.7 Å². The molecule has 0 radical (unpaired) electrons. The first kappa shape index (κ1) is 15.2. The third-order valence-electron chi connectivity index (χ3n) is 2.40. The van der Waals surface area contributed by atoms with Crippen molar-refractivity contribution < 1.29 is 5.11 Å². The molecule has 18 heavy (non-hydrogen) atoms. The summed E-state index contributed by atoms with van der Waals surface area (Å²) in [7, 11) is 0. The van der Waals surface area contributed by atoms with Crippen molar-refractivity contribution in [3.8, 4) is 0 Å². The molecule has 0 aliphatic rings. The topological polar surface area (TPSA) is 70.1 Å². The molecule has 6 heteroatoms. The van der Waals surface area contributed by atoms with Gasteiger partial charge in [0, 0.05) is 25.9 Å². The van der Waals surface area contributed by atoms with Crippen LogP contribution in [-0.2, 0) is 0 Å². The van der Waals surface area contributed by atoms with E-state index in [2.05, 4.69) is 43.5 Å². The fourth-order valence-electron chi connectivity index (χ4n) is 1.43. The monoisotopic (exact) mass is 316 g/mol. The average molecular weight is 317 g/mol. The zero-order valence-corrected chi connectivity index (χ0v) is 12.3. The second kappa shape index (κ2) is 9.10. The molecule has 0 saturated heterocycles. The zero-order valence-electron chi connectivity index (χ0n) is 10.7. The number of hydrogen-bond donors (Lipinski definition) is 3. The molecule has 0 aliphatic carbocycles. The lowest BCUT2D eigenvalue weighted by Gasteiger charge is -2.09. The van der Waals surface area contributed by atoms with Crippen LogP contribution in [0, 0.1) is 0 Å². The fraction of sp³-hybridized carbons (Fsp3) is 0.667. The van der Waals surface area contributed by atoms with Crippen molar-refractivity contribution in [3.05, 3.63) is 10.7 Å². The molecule has 1 heterocycles. The van der Waals surface area contributed by atoms with Crippen molar-refractivity contribution in [1.82, 2.24) is 9.97 Å². The van der Waals surface area contributed by atoms with Crippen molar-refractivity contribution in [1.29, 1.82) is 0 Å². The van der Waals surface area contributed by atoms with E-state index in [-0.39, 0.29) is 6.61 Å². The SMILES string of the molecule is CCCNc1ncc(Br)c(NCCCCCO)n1. The van der Waals surface area contributed by atoms with Gasteiger partial charge in [0.1, 0.15) is 5.82 Å². The lowest BCUT2D eigenvalue weighted by molar-refractivity contribution is 0.283. The largest absolute Gasteiger partial charge is 0.396 e. The maximum Gasteiger partial charge on any atom is 0.224 e. The zero-order chi connectivity index (χ0) is 13.2. The summed E-state index contributed by atoms with van der Waals surface area (Å²) in [6.07, 6.45) is 5.70. The maximum absolute atomic E-state index is 8.69. The Bertz CT molecular complexity index is 349. The average Bonchev–Trinajstić information content (AvgIpc) is 2.39. The maximum atomic E-state index is 8.69. The van der Waals surface area contributed by atoms with Gasteiger partial charge in [-0.15, -0.1) is 0 Å². The molecule has 1 aromatic rings. The Kier molecular flexibility index (Phi) is 7.68. The van der Waals surface area contributed by atoms with Crippen LogP contribution < -0.4 is 10.6 Å². The predicted octanol–water partition coefficient (Wildman–Crippen LogP) is 2.64. The molecule has 0 saturated carbocycles. The molecular formula is C12H21BrN4O. The van der Waals surface area contributed by atoms with E-state index in [1.165, 1.54) is 0 Å². The highest BCUT2D eigenvalue weighted by Gasteiger charge is 2.03. The number of unbranched alkanes of at least 4 members (excludes halogenated alkanes) is 2. The number of nitrogens with one attached hydrogen (secondary N) is 2. The molecular weight excluding hydrogens is 296 g/mol. The highest BCUT2D eigenvalue weighted by Crippen LogP contribution is 2.20. The number of aliphatic hydroxyl groups excluding tert-OH is 1. The van der Waals surface area contributed by atoms with Gasteiger partial charge in [0.2, 0.25) is 5.95 Å². The van der Waals surface area contributed by atoms with Crippen molar-refractivity contribution >= 4 is 27.7 Å². The molecule has 0 unspecified atom stereocenters. The summed E-state index contributed by atoms with van der Waals surface area (Å²) in [6, 6.07) is 0. The van der Waals surface area contributed by atoms with E-state index in [1.807, 2.05) is 0 Å². The summed E-state index contributed by atoms with van der Waals surface area (Å²) in [5.41, 5.74) is 0. The quantitative estimate of drug-likeness (QED) is 0.611. The summed E-state index contributed by atoms with van der Waals surface area (Å²) < 4.78 is 0.867. The minimum atomic E-state index is 0.266. The van der Waals surface area contributed by atoms with Gasteiger partial charge >= 0.3 is 0 Å². The molecule has 0 atom stereocenters. The van der Waals surface area contributed by atoms with E-state index in [0.29, 0.717) is 5.95 Å². The molecule has 0 aliphatic heterocycles. The van der Waals surface area contributed by atoms with Gasteiger partial charge in [-0.25, -0.2) is 4.98 Å². The Labute approximate surface area is 117 Å². The van der Waals surface area contributed by atoms with Gasteiger partial charge in [0.25, 0.3) is 0 Å². The molecule has 0 amide bonds. The van der Waals surface area contributed by atoms with Crippen molar-refractivity contribution in [3.63, 3.8) is 0 Å². The van der Waals surface area contributed by atoms with Gasteiger partial charge in [-0.2, -0.15) is 4.98 Å². The van der Waals surface area contributed by atoms with Crippen LogP contribution in [-0.4, -0.2) is 34.8 Å². The Hall–Kier alpha value is -0.880. The number of aromatic nitrogens is 2. The van der Waals surface area contributed by atoms with E-state index in [9.17, 15) is 0 Å². The summed E-state index contributed by atoms with van der Waals surface area (Å²) in [4.78, 5) is 8.59. The normalized spacial score (nSPS) is 10.4. The van der Waals surface area contributed by atoms with Gasteiger partial charge in [0.05, 0.1) is 4.47 Å². The molecule has 0 spiro atoms. The van der Waals surface area contributed by atoms with Gasteiger partial charge in [0.15, 0.2) is 0 Å². The molecule has 3 N–H and O–H groups in total. The first-order valence-electron chi connectivity index (χ1n) is 6.39. The van der Waals surface area contributed by atoms with E-state index >= 15 is 0 Å². The molecule has 5 nitrogen and oxygen atoms in total. The summed E-state index contributed by atoms with van der Waals surface area (Å²) in [5, 5.41) is 15.1. The van der Waals surface area contributed by atoms with Crippen molar-refractivity contribution in [2.24, 2.45) is 0 Å². The van der Waals surface area contributed by atoms with Gasteiger partial charge in [-0.05, 0) is 41.6 Å². The second-order valence-electron chi connectivity index (χ2n) is 4.03. The third kappa shape index (κ3) is 5.64. The molecule has 0 fully saturated rings.